The van der Waals surface area contributed by atoms with Crippen molar-refractivity contribution in [3.63, 3.8) is 0 Å². The molecule has 0 atom stereocenters. The van der Waals surface area contributed by atoms with Crippen molar-refractivity contribution in [3.8, 4) is 0 Å². The fourth-order valence-corrected chi connectivity index (χ4v) is 1.03. The van der Waals surface area contributed by atoms with Crippen LogP contribution in [0.3, 0.4) is 0 Å². The first-order chi connectivity index (χ1) is 5.65. The van der Waals surface area contributed by atoms with Crippen molar-refractivity contribution in [1.82, 2.24) is 9.97 Å². The van der Waals surface area contributed by atoms with Crippen molar-refractivity contribution in [2.45, 2.75) is 0 Å². The van der Waals surface area contributed by atoms with Gasteiger partial charge in [-0.25, -0.2) is 14.8 Å². The number of halogens is 2. The van der Waals surface area contributed by atoms with Crippen LogP contribution in [0.4, 0.5) is 0 Å². The van der Waals surface area contributed by atoms with Crippen LogP contribution in [-0.4, -0.2) is 23.0 Å². The molecule has 6 heteroatoms. The Bertz CT molecular complexity index is 318. The summed E-state index contributed by atoms with van der Waals surface area (Å²) in [4.78, 5) is 18.5. The summed E-state index contributed by atoms with van der Waals surface area (Å²) >= 11 is 8.63. The molecule has 0 saturated heterocycles. The summed E-state index contributed by atoms with van der Waals surface area (Å²) < 4.78 is 4.86. The van der Waals surface area contributed by atoms with Gasteiger partial charge in [-0.1, -0.05) is 11.6 Å². The molecule has 1 aromatic heterocycles. The molecule has 4 nitrogen and oxygen atoms in total. The second-order valence-corrected chi connectivity index (χ2v) is 2.99. The number of methoxy groups -OCH3 is 1. The predicted octanol–water partition coefficient (Wildman–Crippen LogP) is 1.68. The third kappa shape index (κ3) is 1.92. The highest BCUT2D eigenvalue weighted by Gasteiger charge is 2.13. The quantitative estimate of drug-likeness (QED) is 0.713. The summed E-state index contributed by atoms with van der Waals surface area (Å²) in [5.41, 5.74) is 0.00791. The molecular formula is C6H4BrClN2O2. The highest BCUT2D eigenvalue weighted by molar-refractivity contribution is 9.10. The number of carbonyl (C=O) groups excluding carboxylic acids is 1. The molecule has 12 heavy (non-hydrogen) atoms. The minimum atomic E-state index is -0.603. The van der Waals surface area contributed by atoms with Crippen molar-refractivity contribution in [3.05, 3.63) is 21.6 Å². The van der Waals surface area contributed by atoms with Gasteiger partial charge in [-0.15, -0.1) is 0 Å². The second kappa shape index (κ2) is 3.82. The van der Waals surface area contributed by atoms with Gasteiger partial charge in [-0.3, -0.25) is 0 Å². The van der Waals surface area contributed by atoms with Crippen LogP contribution < -0.4 is 0 Å². The summed E-state index contributed by atoms with van der Waals surface area (Å²) in [5.74, 6) is -0.603. The zero-order valence-corrected chi connectivity index (χ0v) is 8.39. The zero-order valence-electron chi connectivity index (χ0n) is 6.04. The van der Waals surface area contributed by atoms with Gasteiger partial charge in [0, 0.05) is 0 Å². The predicted molar refractivity (Wildman–Crippen MR) is 46.1 cm³/mol. The molecule has 0 saturated carbocycles. The van der Waals surface area contributed by atoms with Crippen LogP contribution in [-0.2, 0) is 4.74 Å². The number of aromatic nitrogens is 2. The lowest BCUT2D eigenvalue weighted by atomic mass is 10.5. The maximum atomic E-state index is 11.0. The number of rotatable bonds is 1. The van der Waals surface area contributed by atoms with Crippen LogP contribution in [0.1, 0.15) is 10.5 Å². The molecule has 0 bridgehead atoms. The normalized spacial score (nSPS) is 9.58. The SMILES string of the molecule is COC(=O)c1nc(Br)cnc1Cl. The third-order valence-electron chi connectivity index (χ3n) is 1.08. The Morgan fingerprint density at radius 3 is 3.00 bits per heavy atom. The molecule has 0 aromatic carbocycles. The number of nitrogens with zero attached hydrogens (tertiary/aromatic N) is 2. The van der Waals surface area contributed by atoms with Gasteiger partial charge in [0.25, 0.3) is 0 Å². The topological polar surface area (TPSA) is 52.1 Å². The Morgan fingerprint density at radius 1 is 1.75 bits per heavy atom. The van der Waals surface area contributed by atoms with E-state index in [-0.39, 0.29) is 10.8 Å². The van der Waals surface area contributed by atoms with Gasteiger partial charge in [0.05, 0.1) is 13.3 Å². The molecule has 1 aromatic rings. The molecule has 0 unspecified atom stereocenters. The van der Waals surface area contributed by atoms with E-state index < -0.39 is 5.97 Å². The van der Waals surface area contributed by atoms with Gasteiger partial charge >= 0.3 is 5.97 Å². The Kier molecular flexibility index (Phi) is 2.99. The Balaban J connectivity index is 3.13. The number of esters is 1. The molecule has 0 amide bonds. The molecule has 64 valence electrons. The smallest absolute Gasteiger partial charge is 0.359 e. The molecule has 0 N–H and O–H groups in total. The average molecular weight is 251 g/mol. The fourth-order valence-electron chi connectivity index (χ4n) is 0.579. The van der Waals surface area contributed by atoms with Gasteiger partial charge in [0.1, 0.15) is 4.60 Å². The standard InChI is InChI=1S/C6H4BrClN2O2/c1-12-6(11)4-5(8)9-2-3(7)10-4/h2H,1H3. The largest absolute Gasteiger partial charge is 0.464 e. The Labute approximate surface area is 82.0 Å². The minimum absolute atomic E-state index is 0.00791. The summed E-state index contributed by atoms with van der Waals surface area (Å²) in [6.07, 6.45) is 1.40. The first kappa shape index (κ1) is 9.41. The second-order valence-electron chi connectivity index (χ2n) is 1.82. The Hall–Kier alpha value is -0.680. The van der Waals surface area contributed by atoms with Crippen molar-refractivity contribution < 1.29 is 9.53 Å². The number of ether oxygens (including phenoxy) is 1. The van der Waals surface area contributed by atoms with E-state index in [1.165, 1.54) is 13.3 Å². The summed E-state index contributed by atoms with van der Waals surface area (Å²) in [6, 6.07) is 0. The van der Waals surface area contributed by atoms with E-state index in [1.807, 2.05) is 0 Å². The van der Waals surface area contributed by atoms with E-state index >= 15 is 0 Å². The van der Waals surface area contributed by atoms with Crippen molar-refractivity contribution in [2.24, 2.45) is 0 Å². The highest BCUT2D eigenvalue weighted by Crippen LogP contribution is 2.14. The molecule has 1 rings (SSSR count). The molecule has 0 fully saturated rings. The first-order valence-electron chi connectivity index (χ1n) is 2.91. The monoisotopic (exact) mass is 250 g/mol. The average Bonchev–Trinajstić information content (AvgIpc) is 2.08. The minimum Gasteiger partial charge on any atom is -0.464 e. The van der Waals surface area contributed by atoms with Crippen LogP contribution in [0.25, 0.3) is 0 Å². The highest BCUT2D eigenvalue weighted by atomic mass is 79.9. The van der Waals surface area contributed by atoms with E-state index in [0.717, 1.165) is 0 Å². The molecule has 0 aliphatic rings. The maximum absolute atomic E-state index is 11.0. The van der Waals surface area contributed by atoms with E-state index in [1.54, 1.807) is 0 Å². The molecule has 0 aliphatic carbocycles. The van der Waals surface area contributed by atoms with Crippen molar-refractivity contribution >= 4 is 33.5 Å². The molecule has 0 aliphatic heterocycles. The zero-order chi connectivity index (χ0) is 9.14. The van der Waals surface area contributed by atoms with Gasteiger partial charge in [-0.2, -0.15) is 0 Å². The first-order valence-corrected chi connectivity index (χ1v) is 4.08. The summed E-state index contributed by atoms with van der Waals surface area (Å²) in [7, 11) is 1.25. The Morgan fingerprint density at radius 2 is 2.42 bits per heavy atom. The van der Waals surface area contributed by atoms with Crippen LogP contribution in [0, 0.1) is 0 Å². The fraction of sp³-hybridized carbons (Fsp3) is 0.167. The number of carbonyl (C=O) groups is 1. The van der Waals surface area contributed by atoms with Gasteiger partial charge < -0.3 is 4.74 Å². The van der Waals surface area contributed by atoms with E-state index in [9.17, 15) is 4.79 Å². The van der Waals surface area contributed by atoms with Crippen molar-refractivity contribution in [2.75, 3.05) is 7.11 Å². The molecule has 0 radical (unpaired) electrons. The molecule has 1 heterocycles. The number of hydrogen-bond acceptors (Lipinski definition) is 4. The van der Waals surface area contributed by atoms with Gasteiger partial charge in [0.15, 0.2) is 10.8 Å². The van der Waals surface area contributed by atoms with Crippen molar-refractivity contribution in [1.29, 1.82) is 0 Å². The number of hydrogen-bond donors (Lipinski definition) is 0. The van der Waals surface area contributed by atoms with E-state index in [4.69, 9.17) is 11.6 Å². The summed E-state index contributed by atoms with van der Waals surface area (Å²) in [5, 5.41) is 0.0325. The molecule has 0 spiro atoms. The maximum Gasteiger partial charge on any atom is 0.359 e. The lowest BCUT2D eigenvalue weighted by Crippen LogP contribution is -2.06. The van der Waals surface area contributed by atoms with Gasteiger partial charge in [0.2, 0.25) is 0 Å². The molecular weight excluding hydrogens is 247 g/mol. The van der Waals surface area contributed by atoms with Crippen LogP contribution in [0.5, 0.6) is 0 Å². The third-order valence-corrected chi connectivity index (χ3v) is 1.74. The lowest BCUT2D eigenvalue weighted by Gasteiger charge is -1.99. The van der Waals surface area contributed by atoms with E-state index in [0.29, 0.717) is 4.60 Å². The van der Waals surface area contributed by atoms with E-state index in [2.05, 4.69) is 30.6 Å². The van der Waals surface area contributed by atoms with Gasteiger partial charge in [-0.05, 0) is 15.9 Å². The van der Waals surface area contributed by atoms with Crippen LogP contribution >= 0.6 is 27.5 Å². The van der Waals surface area contributed by atoms with Crippen LogP contribution in [0.2, 0.25) is 5.15 Å². The lowest BCUT2D eigenvalue weighted by molar-refractivity contribution is 0.0593. The summed E-state index contributed by atoms with van der Waals surface area (Å²) in [6.45, 7) is 0. The van der Waals surface area contributed by atoms with Crippen LogP contribution in [0.15, 0.2) is 10.8 Å².